The Morgan fingerprint density at radius 2 is 2.00 bits per heavy atom. The number of unbranched alkanes of at least 4 members (excludes halogenated alkanes) is 2. The number of rotatable bonds is 6. The maximum absolute atomic E-state index is 13.1. The fourth-order valence-corrected chi connectivity index (χ4v) is 4.04. The van der Waals surface area contributed by atoms with E-state index in [1.807, 2.05) is 6.92 Å². The van der Waals surface area contributed by atoms with E-state index in [4.69, 9.17) is 5.73 Å². The van der Waals surface area contributed by atoms with Gasteiger partial charge < -0.3 is 25.4 Å². The summed E-state index contributed by atoms with van der Waals surface area (Å²) in [5, 5.41) is 21.2. The summed E-state index contributed by atoms with van der Waals surface area (Å²) in [5.41, 5.74) is 6.47. The zero-order chi connectivity index (χ0) is 24.3. The van der Waals surface area contributed by atoms with E-state index in [0.717, 1.165) is 12.8 Å². The first-order chi connectivity index (χ1) is 15.6. The second-order valence-corrected chi connectivity index (χ2v) is 8.01. The number of aliphatic hydroxyl groups excluding tert-OH is 2. The highest BCUT2D eigenvalue weighted by molar-refractivity contribution is 5.83. The molecule has 0 radical (unpaired) electrons. The van der Waals surface area contributed by atoms with E-state index >= 15 is 0 Å². The van der Waals surface area contributed by atoms with Gasteiger partial charge in [-0.05, 0) is 25.2 Å². The molecule has 1 fully saturated rings. The average Bonchev–Trinajstić information content (AvgIpc) is 3.30. The number of alkyl halides is 3. The summed E-state index contributed by atoms with van der Waals surface area (Å²) in [4.78, 5) is 25.2. The van der Waals surface area contributed by atoms with E-state index in [0.29, 0.717) is 11.3 Å². The number of carbonyl (C=O) groups is 1. The summed E-state index contributed by atoms with van der Waals surface area (Å²) < 4.78 is 40.8. The van der Waals surface area contributed by atoms with Crippen molar-refractivity contribution in [3.05, 3.63) is 12.2 Å². The molecule has 4 unspecified atom stereocenters. The topological polar surface area (TPSA) is 130 Å². The Kier molecular flexibility index (Phi) is 7.44. The Balaban J connectivity index is 1.95. The highest BCUT2D eigenvalue weighted by atomic mass is 19.4. The van der Waals surface area contributed by atoms with Gasteiger partial charge >= 0.3 is 12.1 Å². The van der Waals surface area contributed by atoms with E-state index in [2.05, 4.69) is 26.8 Å². The number of hydrogen-bond donors (Lipinski definition) is 3. The quantitative estimate of drug-likeness (QED) is 0.435. The van der Waals surface area contributed by atoms with Gasteiger partial charge in [-0.2, -0.15) is 13.2 Å². The Morgan fingerprint density at radius 1 is 1.27 bits per heavy atom. The van der Waals surface area contributed by atoms with Crippen molar-refractivity contribution in [2.24, 2.45) is 0 Å². The lowest BCUT2D eigenvalue weighted by atomic mass is 10.1. The number of nitrogen functional groups attached to an aromatic ring is 1. The number of aromatic nitrogens is 4. The fourth-order valence-electron chi connectivity index (χ4n) is 4.04. The highest BCUT2D eigenvalue weighted by Crippen LogP contribution is 2.37. The molecular formula is C21H27F3N6O3. The van der Waals surface area contributed by atoms with Crippen LogP contribution in [0.4, 0.5) is 19.0 Å². The maximum atomic E-state index is 13.1. The van der Waals surface area contributed by atoms with Gasteiger partial charge in [0.1, 0.15) is 17.7 Å². The molecule has 4 N–H and O–H groups in total. The Bertz CT molecular complexity index is 1060. The third-order valence-corrected chi connectivity index (χ3v) is 5.65. The normalized spacial score (nSPS) is 22.9. The molecule has 33 heavy (non-hydrogen) atoms. The molecule has 0 spiro atoms. The summed E-state index contributed by atoms with van der Waals surface area (Å²) in [6.07, 6.45) is -4.11. The van der Waals surface area contributed by atoms with Crippen LogP contribution in [0.1, 0.15) is 57.8 Å². The summed E-state index contributed by atoms with van der Waals surface area (Å²) in [6.45, 7) is 3.45. The van der Waals surface area contributed by atoms with Crippen molar-refractivity contribution < 1.29 is 28.2 Å². The van der Waals surface area contributed by atoms with Gasteiger partial charge in [-0.15, -0.1) is 0 Å². The molecule has 0 aromatic carbocycles. The molecule has 2 heterocycles. The Labute approximate surface area is 188 Å². The lowest BCUT2D eigenvalue weighted by molar-refractivity contribution is -0.190. The van der Waals surface area contributed by atoms with Gasteiger partial charge in [0.25, 0.3) is 0 Å². The number of nitrogens with two attached hydrogens (primary N) is 1. The monoisotopic (exact) mass is 468 g/mol. The van der Waals surface area contributed by atoms with Crippen LogP contribution in [0.2, 0.25) is 0 Å². The van der Waals surface area contributed by atoms with Crippen LogP contribution in [-0.4, -0.2) is 71.5 Å². The Morgan fingerprint density at radius 3 is 2.64 bits per heavy atom. The van der Waals surface area contributed by atoms with Crippen molar-refractivity contribution in [2.45, 2.75) is 76.4 Å². The molecule has 180 valence electrons. The maximum Gasteiger partial charge on any atom is 0.471 e. The van der Waals surface area contributed by atoms with Crippen molar-refractivity contribution in [1.82, 2.24) is 24.4 Å². The van der Waals surface area contributed by atoms with E-state index in [9.17, 15) is 28.2 Å². The van der Waals surface area contributed by atoms with Crippen molar-refractivity contribution in [2.75, 3.05) is 12.3 Å². The number of nitrogens with zero attached hydrogens (tertiary/aromatic N) is 5. The molecule has 1 amide bonds. The third kappa shape index (κ3) is 5.04. The first kappa shape index (κ1) is 24.7. The van der Waals surface area contributed by atoms with E-state index < -0.39 is 36.4 Å². The Hall–Kier alpha value is -2.91. The molecule has 0 bridgehead atoms. The first-order valence-electron chi connectivity index (χ1n) is 10.8. The minimum Gasteiger partial charge on any atom is -0.388 e. The SMILES string of the molecule is CCCCC#Cc1nc(N)c2ncn(C3CC(N(CCC)C(=O)C(F)(F)F)C(O)C3O)c2n1. The second kappa shape index (κ2) is 9.93. The van der Waals surface area contributed by atoms with E-state index in [-0.39, 0.29) is 42.2 Å². The van der Waals surface area contributed by atoms with Crippen LogP contribution in [0.25, 0.3) is 11.2 Å². The number of anilines is 1. The van der Waals surface area contributed by atoms with Crippen molar-refractivity contribution in [1.29, 1.82) is 0 Å². The summed E-state index contributed by atoms with van der Waals surface area (Å²) in [6, 6.07) is -2.12. The van der Waals surface area contributed by atoms with Crippen LogP contribution in [-0.2, 0) is 4.79 Å². The molecule has 3 rings (SSSR count). The molecule has 2 aromatic rings. The molecule has 1 aliphatic carbocycles. The lowest BCUT2D eigenvalue weighted by Crippen LogP contribution is -2.51. The van der Waals surface area contributed by atoms with Crippen LogP contribution in [0.3, 0.4) is 0 Å². The molecule has 0 aliphatic heterocycles. The molecule has 2 aromatic heterocycles. The van der Waals surface area contributed by atoms with Gasteiger partial charge in [0.15, 0.2) is 11.5 Å². The molecule has 4 atom stereocenters. The molecule has 9 nitrogen and oxygen atoms in total. The number of imidazole rings is 1. The molecule has 12 heteroatoms. The van der Waals surface area contributed by atoms with Gasteiger partial charge in [0.05, 0.1) is 18.4 Å². The zero-order valence-corrected chi connectivity index (χ0v) is 18.4. The van der Waals surface area contributed by atoms with Crippen molar-refractivity contribution >= 4 is 22.9 Å². The van der Waals surface area contributed by atoms with Gasteiger partial charge in [-0.3, -0.25) is 4.79 Å². The van der Waals surface area contributed by atoms with Gasteiger partial charge in [0, 0.05) is 13.0 Å². The zero-order valence-electron chi connectivity index (χ0n) is 18.4. The minimum absolute atomic E-state index is 0.0722. The third-order valence-electron chi connectivity index (χ3n) is 5.65. The number of carbonyl (C=O) groups excluding carboxylic acids is 1. The smallest absolute Gasteiger partial charge is 0.388 e. The standard InChI is InChI=1S/C21H27F3N6O3/c1-3-5-6-7-8-14-27-18(25)15-19(28-14)30(11-26-15)13-10-12(16(31)17(13)32)29(9-4-2)20(33)21(22,23)24/h11-13,16-17,31-32H,3-6,9-10H2,1-2H3,(H2,25,27,28). The number of amides is 1. The predicted octanol–water partition coefficient (Wildman–Crippen LogP) is 1.79. The minimum atomic E-state index is -5.09. The molecule has 0 saturated heterocycles. The van der Waals surface area contributed by atoms with Crippen LogP contribution in [0, 0.1) is 11.8 Å². The molecular weight excluding hydrogens is 441 g/mol. The van der Waals surface area contributed by atoms with Crippen LogP contribution >= 0.6 is 0 Å². The average molecular weight is 468 g/mol. The number of fused-ring (bicyclic) bond motifs is 1. The van der Waals surface area contributed by atoms with Crippen LogP contribution < -0.4 is 5.73 Å². The van der Waals surface area contributed by atoms with Crippen LogP contribution in [0.5, 0.6) is 0 Å². The molecule has 1 aliphatic rings. The first-order valence-corrected chi connectivity index (χ1v) is 10.8. The number of hydrogen-bond acceptors (Lipinski definition) is 7. The highest BCUT2D eigenvalue weighted by Gasteiger charge is 2.51. The summed E-state index contributed by atoms with van der Waals surface area (Å²) in [5.74, 6) is 3.96. The number of aliphatic hydroxyl groups is 2. The summed E-state index contributed by atoms with van der Waals surface area (Å²) in [7, 11) is 0. The van der Waals surface area contributed by atoms with Gasteiger partial charge in [-0.1, -0.05) is 26.2 Å². The lowest BCUT2D eigenvalue weighted by Gasteiger charge is -2.31. The van der Waals surface area contributed by atoms with Gasteiger partial charge in [0.2, 0.25) is 5.82 Å². The van der Waals surface area contributed by atoms with Crippen molar-refractivity contribution in [3.63, 3.8) is 0 Å². The summed E-state index contributed by atoms with van der Waals surface area (Å²) >= 11 is 0. The number of halogens is 3. The largest absolute Gasteiger partial charge is 0.471 e. The van der Waals surface area contributed by atoms with E-state index in [1.54, 1.807) is 6.92 Å². The predicted molar refractivity (Wildman–Crippen MR) is 114 cm³/mol. The molecule has 1 saturated carbocycles. The van der Waals surface area contributed by atoms with Gasteiger partial charge in [-0.25, -0.2) is 15.0 Å². The second-order valence-electron chi connectivity index (χ2n) is 8.01. The van der Waals surface area contributed by atoms with Crippen LogP contribution in [0.15, 0.2) is 6.33 Å². The van der Waals surface area contributed by atoms with Crippen molar-refractivity contribution in [3.8, 4) is 11.8 Å². The van der Waals surface area contributed by atoms with E-state index in [1.165, 1.54) is 10.9 Å². The fraction of sp³-hybridized carbons (Fsp3) is 0.619.